The smallest absolute Gasteiger partial charge is 0.334 e. The van der Waals surface area contributed by atoms with Gasteiger partial charge in [-0.3, -0.25) is 0 Å². The summed E-state index contributed by atoms with van der Waals surface area (Å²) in [5.74, 6) is -0.118. The average molecular weight is 607 g/mol. The molecule has 0 aromatic heterocycles. The highest BCUT2D eigenvalue weighted by Gasteiger charge is 2.40. The first kappa shape index (κ1) is 36.5. The minimum absolute atomic E-state index is 0.0466. The zero-order valence-corrected chi connectivity index (χ0v) is 27.8. The van der Waals surface area contributed by atoms with Crippen molar-refractivity contribution in [2.45, 2.75) is 217 Å². The lowest BCUT2D eigenvalue weighted by Gasteiger charge is -2.24. The maximum atomic E-state index is 11.6. The number of aliphatic hydroxyl groups is 2. The molecule has 0 aromatic rings. The number of hydrogen-bond donors (Lipinski definition) is 2. The first-order valence-electron chi connectivity index (χ1n) is 18.6. The summed E-state index contributed by atoms with van der Waals surface area (Å²) in [7, 11) is 0. The van der Waals surface area contributed by atoms with Crippen LogP contribution in [0.25, 0.3) is 0 Å². The Kier molecular flexibility index (Phi) is 18.5. The van der Waals surface area contributed by atoms with Gasteiger partial charge in [-0.1, -0.05) is 116 Å². The van der Waals surface area contributed by atoms with Gasteiger partial charge in [-0.15, -0.1) is 0 Å². The predicted octanol–water partition coefficient (Wildman–Crippen LogP) is 8.89. The number of hydrogen-bond acceptors (Lipinski definition) is 6. The van der Waals surface area contributed by atoms with Gasteiger partial charge in [-0.25, -0.2) is 4.79 Å². The summed E-state index contributed by atoms with van der Waals surface area (Å²) in [4.78, 5) is 11.6. The molecule has 6 heteroatoms. The van der Waals surface area contributed by atoms with Crippen molar-refractivity contribution >= 4 is 5.97 Å². The minimum atomic E-state index is -0.375. The predicted molar refractivity (Wildman–Crippen MR) is 174 cm³/mol. The molecule has 3 heterocycles. The summed E-state index contributed by atoms with van der Waals surface area (Å²) in [6.45, 7) is 4.17. The van der Waals surface area contributed by atoms with Crippen LogP contribution in [0.3, 0.4) is 0 Å². The van der Waals surface area contributed by atoms with E-state index in [4.69, 9.17) is 14.2 Å². The number of carbonyl (C=O) groups excluding carboxylic acids is 1. The highest BCUT2D eigenvalue weighted by molar-refractivity contribution is 5.90. The molecule has 0 radical (unpaired) electrons. The second kappa shape index (κ2) is 21.7. The number of unbranched alkanes of at least 4 members (excludes halogenated alkanes) is 16. The van der Waals surface area contributed by atoms with Gasteiger partial charge >= 0.3 is 5.97 Å². The summed E-state index contributed by atoms with van der Waals surface area (Å²) in [6, 6.07) is 0. The number of cyclic esters (lactones) is 1. The summed E-state index contributed by atoms with van der Waals surface area (Å²) < 4.78 is 17.7. The lowest BCUT2D eigenvalue weighted by atomic mass is 10.0. The third-order valence-corrected chi connectivity index (χ3v) is 9.98. The molecule has 2 saturated heterocycles. The molecule has 0 aliphatic carbocycles. The van der Waals surface area contributed by atoms with Gasteiger partial charge in [0.25, 0.3) is 0 Å². The zero-order chi connectivity index (χ0) is 30.7. The van der Waals surface area contributed by atoms with Crippen LogP contribution in [0.2, 0.25) is 0 Å². The minimum Gasteiger partial charge on any atom is -0.455 e. The van der Waals surface area contributed by atoms with Gasteiger partial charge in [0.05, 0.1) is 36.6 Å². The van der Waals surface area contributed by atoms with Crippen LogP contribution >= 0.6 is 0 Å². The topological polar surface area (TPSA) is 85.2 Å². The fraction of sp³-hybridized carbons (Fsp3) is 0.919. The molecule has 0 amide bonds. The van der Waals surface area contributed by atoms with Gasteiger partial charge < -0.3 is 24.4 Å². The largest absolute Gasteiger partial charge is 0.455 e. The van der Waals surface area contributed by atoms with Crippen molar-refractivity contribution < 1.29 is 29.2 Å². The summed E-state index contributed by atoms with van der Waals surface area (Å²) in [5, 5.41) is 21.4. The number of ether oxygens (including phenoxy) is 3. The van der Waals surface area contributed by atoms with E-state index in [1.54, 1.807) is 0 Å². The number of aliphatic hydroxyl groups excluding tert-OH is 2. The third-order valence-electron chi connectivity index (χ3n) is 9.98. The molecule has 43 heavy (non-hydrogen) atoms. The first-order valence-corrected chi connectivity index (χ1v) is 18.6. The second-order valence-corrected chi connectivity index (χ2v) is 13.9. The van der Waals surface area contributed by atoms with Crippen LogP contribution in [0, 0.1) is 0 Å². The Morgan fingerprint density at radius 3 is 1.49 bits per heavy atom. The molecule has 3 aliphatic rings. The molecular formula is C37H66O6. The van der Waals surface area contributed by atoms with E-state index in [2.05, 4.69) is 6.92 Å². The molecule has 6 nitrogen and oxygen atoms in total. The van der Waals surface area contributed by atoms with Crippen molar-refractivity contribution in [1.82, 2.24) is 0 Å². The van der Waals surface area contributed by atoms with E-state index in [1.807, 2.05) is 13.0 Å². The van der Waals surface area contributed by atoms with Crippen LogP contribution < -0.4 is 0 Å². The molecule has 0 bridgehead atoms. The van der Waals surface area contributed by atoms with Gasteiger partial charge in [0.1, 0.15) is 6.10 Å². The van der Waals surface area contributed by atoms with Gasteiger partial charge in [-0.05, 0) is 64.4 Å². The van der Waals surface area contributed by atoms with E-state index in [9.17, 15) is 15.0 Å². The SMILES string of the molecule is CCCCCCCCCC[C@H](O)[C@H]1CC[C@@H]([C@@H]2CC[C@H]([C@H](O)CCCCCCCCCCCCC3=C[C@H](C)OC3=O)O2)O1. The van der Waals surface area contributed by atoms with Gasteiger partial charge in [0.15, 0.2) is 0 Å². The Morgan fingerprint density at radius 1 is 0.651 bits per heavy atom. The molecule has 3 aliphatic heterocycles. The number of rotatable bonds is 25. The Bertz CT molecular complexity index is 768. The zero-order valence-electron chi connectivity index (χ0n) is 27.8. The maximum absolute atomic E-state index is 11.6. The van der Waals surface area contributed by atoms with Crippen molar-refractivity contribution in [1.29, 1.82) is 0 Å². The van der Waals surface area contributed by atoms with Crippen LogP contribution in [0.15, 0.2) is 11.6 Å². The quantitative estimate of drug-likeness (QED) is 0.0797. The van der Waals surface area contributed by atoms with E-state index >= 15 is 0 Å². The van der Waals surface area contributed by atoms with Crippen molar-refractivity contribution in [2.75, 3.05) is 0 Å². The molecule has 250 valence electrons. The molecular weight excluding hydrogens is 540 g/mol. The fourth-order valence-electron chi connectivity index (χ4n) is 7.25. The molecule has 0 spiro atoms. The van der Waals surface area contributed by atoms with Crippen LogP contribution in [-0.4, -0.2) is 58.9 Å². The standard InChI is InChI=1S/C37H66O6/c1-3-4-5-6-7-13-16-19-22-31(38)33-24-26-35(42-33)36-27-25-34(43-36)32(39)23-20-17-14-11-9-8-10-12-15-18-21-30-28-29(2)41-37(30)40/h28-29,31-36,38-39H,3-27H2,1-2H3/t29-,31-,32+,33+,34+,35-,36-/m0/s1. The lowest BCUT2D eigenvalue weighted by Crippen LogP contribution is -2.33. The Morgan fingerprint density at radius 2 is 1.07 bits per heavy atom. The molecule has 7 atom stereocenters. The van der Waals surface area contributed by atoms with Crippen LogP contribution in [-0.2, 0) is 19.0 Å². The number of carbonyl (C=O) groups is 1. The highest BCUT2D eigenvalue weighted by Crippen LogP contribution is 2.34. The van der Waals surface area contributed by atoms with Gasteiger partial charge in [0.2, 0.25) is 0 Å². The Labute approximate surface area is 263 Å². The third kappa shape index (κ3) is 14.3. The number of esters is 1. The lowest BCUT2D eigenvalue weighted by molar-refractivity contribution is -0.139. The van der Waals surface area contributed by atoms with E-state index in [-0.39, 0.29) is 48.7 Å². The van der Waals surface area contributed by atoms with Gasteiger partial charge in [-0.2, -0.15) is 0 Å². The van der Waals surface area contributed by atoms with Crippen molar-refractivity contribution in [3.05, 3.63) is 11.6 Å². The van der Waals surface area contributed by atoms with Crippen molar-refractivity contribution in [3.8, 4) is 0 Å². The normalized spacial score (nSPS) is 27.0. The summed E-state index contributed by atoms with van der Waals surface area (Å²) in [6.07, 6.45) is 29.9. The van der Waals surface area contributed by atoms with Crippen LogP contribution in [0.4, 0.5) is 0 Å². The molecule has 0 saturated carbocycles. The Balaban J connectivity index is 1.12. The molecule has 2 N–H and O–H groups in total. The second-order valence-electron chi connectivity index (χ2n) is 13.9. The molecule has 0 aromatic carbocycles. The monoisotopic (exact) mass is 606 g/mol. The van der Waals surface area contributed by atoms with E-state index in [0.29, 0.717) is 0 Å². The molecule has 0 unspecified atom stereocenters. The van der Waals surface area contributed by atoms with Crippen LogP contribution in [0.1, 0.15) is 174 Å². The molecule has 3 rings (SSSR count). The van der Waals surface area contributed by atoms with Crippen molar-refractivity contribution in [3.63, 3.8) is 0 Å². The van der Waals surface area contributed by atoms with E-state index < -0.39 is 0 Å². The van der Waals surface area contributed by atoms with E-state index in [0.717, 1.165) is 69.8 Å². The molecule has 2 fully saturated rings. The highest BCUT2D eigenvalue weighted by atomic mass is 16.6. The maximum Gasteiger partial charge on any atom is 0.334 e. The fourth-order valence-corrected chi connectivity index (χ4v) is 7.25. The summed E-state index contributed by atoms with van der Waals surface area (Å²) >= 11 is 0. The first-order chi connectivity index (χ1) is 21.0. The summed E-state index contributed by atoms with van der Waals surface area (Å²) in [5.41, 5.74) is 0.869. The average Bonchev–Trinajstić information content (AvgIpc) is 3.75. The van der Waals surface area contributed by atoms with Crippen LogP contribution in [0.5, 0.6) is 0 Å². The van der Waals surface area contributed by atoms with E-state index in [1.165, 1.54) is 96.3 Å². The Hall–Kier alpha value is -0.950. The van der Waals surface area contributed by atoms with Gasteiger partial charge in [0, 0.05) is 5.57 Å². The van der Waals surface area contributed by atoms with Crippen molar-refractivity contribution in [2.24, 2.45) is 0 Å².